The van der Waals surface area contributed by atoms with E-state index in [1.165, 1.54) is 0 Å². The predicted molar refractivity (Wildman–Crippen MR) is 50.6 cm³/mol. The molecule has 3 N–H and O–H groups in total. The van der Waals surface area contributed by atoms with Crippen molar-refractivity contribution in [1.82, 2.24) is 5.32 Å². The highest BCUT2D eigenvalue weighted by Gasteiger charge is 2.14. The number of hydrogen-bond donors (Lipinski definition) is 3. The third kappa shape index (κ3) is 5.60. The largest absolute Gasteiger partial charge is 0.480 e. The van der Waals surface area contributed by atoms with E-state index in [-0.39, 0.29) is 6.61 Å². The minimum atomic E-state index is -0.807. The summed E-state index contributed by atoms with van der Waals surface area (Å²) >= 11 is 0. The highest BCUT2D eigenvalue weighted by atomic mass is 16.4. The third-order valence-corrected chi connectivity index (χ3v) is 2.04. The molecule has 78 valence electrons. The molecule has 0 aromatic rings. The van der Waals surface area contributed by atoms with Crippen LogP contribution in [0.25, 0.3) is 0 Å². The van der Waals surface area contributed by atoms with Gasteiger partial charge >= 0.3 is 5.97 Å². The van der Waals surface area contributed by atoms with Gasteiger partial charge in [-0.05, 0) is 25.3 Å². The van der Waals surface area contributed by atoms with E-state index >= 15 is 0 Å². The van der Waals surface area contributed by atoms with Gasteiger partial charge in [-0.3, -0.25) is 4.79 Å². The Kier molecular flexibility index (Phi) is 6.54. The molecule has 0 aliphatic carbocycles. The molecule has 0 aliphatic rings. The predicted octanol–water partition coefficient (Wildman–Crippen LogP) is 0.458. The lowest BCUT2D eigenvalue weighted by Gasteiger charge is -2.15. The lowest BCUT2D eigenvalue weighted by Crippen LogP contribution is -2.38. The first-order valence-electron chi connectivity index (χ1n) is 4.68. The Bertz CT molecular complexity index is 150. The van der Waals surface area contributed by atoms with Gasteiger partial charge in [0.2, 0.25) is 0 Å². The van der Waals surface area contributed by atoms with E-state index in [1.807, 2.05) is 13.8 Å². The molecule has 0 fully saturated rings. The summed E-state index contributed by atoms with van der Waals surface area (Å²) in [6, 6.07) is -0.457. The maximum absolute atomic E-state index is 10.6. The van der Waals surface area contributed by atoms with E-state index < -0.39 is 12.0 Å². The van der Waals surface area contributed by atoms with Crippen LogP contribution in [0, 0.1) is 5.92 Å². The average molecular weight is 189 g/mol. The van der Waals surface area contributed by atoms with Crippen LogP contribution < -0.4 is 5.32 Å². The number of nitrogens with one attached hydrogen (secondary N) is 1. The SMILES string of the molecule is CCC(NCC(C)CCO)C(=O)O. The van der Waals surface area contributed by atoms with Crippen LogP contribution in [0.3, 0.4) is 0 Å². The maximum Gasteiger partial charge on any atom is 0.320 e. The van der Waals surface area contributed by atoms with Crippen molar-refractivity contribution in [1.29, 1.82) is 0 Å². The van der Waals surface area contributed by atoms with Gasteiger partial charge in [-0.1, -0.05) is 13.8 Å². The monoisotopic (exact) mass is 189 g/mol. The van der Waals surface area contributed by atoms with Crippen molar-refractivity contribution < 1.29 is 15.0 Å². The van der Waals surface area contributed by atoms with E-state index in [9.17, 15) is 4.79 Å². The zero-order valence-corrected chi connectivity index (χ0v) is 8.29. The Morgan fingerprint density at radius 2 is 2.15 bits per heavy atom. The summed E-state index contributed by atoms with van der Waals surface area (Å²) in [6.07, 6.45) is 1.30. The number of hydrogen-bond acceptors (Lipinski definition) is 3. The molecule has 2 atom stereocenters. The molecule has 0 saturated heterocycles. The number of rotatable bonds is 7. The van der Waals surface area contributed by atoms with E-state index in [4.69, 9.17) is 10.2 Å². The number of carbonyl (C=O) groups is 1. The maximum atomic E-state index is 10.6. The zero-order chi connectivity index (χ0) is 10.3. The van der Waals surface area contributed by atoms with Crippen LogP contribution in [-0.4, -0.2) is 35.4 Å². The standard InChI is InChI=1S/C9H19NO3/c1-3-8(9(12)13)10-6-7(2)4-5-11/h7-8,10-11H,3-6H2,1-2H3,(H,12,13). The number of aliphatic hydroxyl groups excluding tert-OH is 1. The van der Waals surface area contributed by atoms with Crippen molar-refractivity contribution in [2.75, 3.05) is 13.2 Å². The number of aliphatic hydroxyl groups is 1. The summed E-state index contributed by atoms with van der Waals surface area (Å²) in [6.45, 7) is 4.62. The molecule has 0 radical (unpaired) electrons. The minimum Gasteiger partial charge on any atom is -0.480 e. The Morgan fingerprint density at radius 3 is 2.54 bits per heavy atom. The van der Waals surface area contributed by atoms with Crippen LogP contribution in [0.2, 0.25) is 0 Å². The van der Waals surface area contributed by atoms with E-state index in [0.29, 0.717) is 25.3 Å². The quantitative estimate of drug-likeness (QED) is 0.544. The van der Waals surface area contributed by atoms with Crippen molar-refractivity contribution in [2.45, 2.75) is 32.7 Å². The smallest absolute Gasteiger partial charge is 0.320 e. The van der Waals surface area contributed by atoms with Crippen molar-refractivity contribution >= 4 is 5.97 Å². The van der Waals surface area contributed by atoms with Crippen molar-refractivity contribution in [2.24, 2.45) is 5.92 Å². The lowest BCUT2D eigenvalue weighted by molar-refractivity contribution is -0.139. The van der Waals surface area contributed by atoms with Gasteiger partial charge in [0.05, 0.1) is 0 Å². The first-order valence-corrected chi connectivity index (χ1v) is 4.68. The summed E-state index contributed by atoms with van der Waals surface area (Å²) in [4.78, 5) is 10.6. The topological polar surface area (TPSA) is 69.6 Å². The van der Waals surface area contributed by atoms with E-state index in [1.54, 1.807) is 0 Å². The molecule has 0 bridgehead atoms. The second-order valence-corrected chi connectivity index (χ2v) is 3.32. The Labute approximate surface area is 79.0 Å². The fourth-order valence-electron chi connectivity index (χ4n) is 1.07. The van der Waals surface area contributed by atoms with Gasteiger partial charge in [0.15, 0.2) is 0 Å². The van der Waals surface area contributed by atoms with Crippen LogP contribution in [0.1, 0.15) is 26.7 Å². The molecule has 0 aliphatic heterocycles. The fraction of sp³-hybridized carbons (Fsp3) is 0.889. The van der Waals surface area contributed by atoms with Crippen molar-refractivity contribution in [3.63, 3.8) is 0 Å². The summed E-state index contributed by atoms with van der Waals surface area (Å²) < 4.78 is 0. The van der Waals surface area contributed by atoms with Gasteiger partial charge in [0.1, 0.15) is 6.04 Å². The first-order chi connectivity index (χ1) is 6.11. The molecule has 4 heteroatoms. The lowest BCUT2D eigenvalue weighted by atomic mass is 10.1. The molecule has 0 spiro atoms. The van der Waals surface area contributed by atoms with Gasteiger partial charge in [0.25, 0.3) is 0 Å². The molecule has 0 saturated carbocycles. The minimum absolute atomic E-state index is 0.159. The highest BCUT2D eigenvalue weighted by Crippen LogP contribution is 2.00. The summed E-state index contributed by atoms with van der Waals surface area (Å²) in [5.41, 5.74) is 0. The fourth-order valence-corrected chi connectivity index (χ4v) is 1.07. The normalized spacial score (nSPS) is 15.3. The molecule has 0 rings (SSSR count). The molecule has 0 aromatic carbocycles. The van der Waals surface area contributed by atoms with E-state index in [0.717, 1.165) is 0 Å². The number of carboxylic acid groups (broad SMARTS) is 1. The van der Waals surface area contributed by atoms with Crippen LogP contribution in [-0.2, 0) is 4.79 Å². The Hall–Kier alpha value is -0.610. The molecule has 2 unspecified atom stereocenters. The number of aliphatic carboxylic acids is 1. The van der Waals surface area contributed by atoms with E-state index in [2.05, 4.69) is 5.32 Å². The molecule has 13 heavy (non-hydrogen) atoms. The van der Waals surface area contributed by atoms with Gasteiger partial charge in [-0.25, -0.2) is 0 Å². The second-order valence-electron chi connectivity index (χ2n) is 3.32. The summed E-state index contributed by atoms with van der Waals surface area (Å²) in [5.74, 6) is -0.489. The summed E-state index contributed by atoms with van der Waals surface area (Å²) in [7, 11) is 0. The molecular formula is C9H19NO3. The Morgan fingerprint density at radius 1 is 1.54 bits per heavy atom. The van der Waals surface area contributed by atoms with Crippen LogP contribution in [0.15, 0.2) is 0 Å². The first kappa shape index (κ1) is 12.4. The van der Waals surface area contributed by atoms with Crippen LogP contribution in [0.5, 0.6) is 0 Å². The molecule has 0 aromatic heterocycles. The van der Waals surface area contributed by atoms with Gasteiger partial charge in [-0.15, -0.1) is 0 Å². The number of carboxylic acids is 1. The van der Waals surface area contributed by atoms with Crippen LogP contribution in [0.4, 0.5) is 0 Å². The zero-order valence-electron chi connectivity index (χ0n) is 8.29. The average Bonchev–Trinajstić information content (AvgIpc) is 2.05. The van der Waals surface area contributed by atoms with Gasteiger partial charge in [-0.2, -0.15) is 0 Å². The van der Waals surface area contributed by atoms with Gasteiger partial charge < -0.3 is 15.5 Å². The molecule has 0 amide bonds. The highest BCUT2D eigenvalue weighted by molar-refractivity contribution is 5.73. The third-order valence-electron chi connectivity index (χ3n) is 2.04. The van der Waals surface area contributed by atoms with Crippen molar-refractivity contribution in [3.05, 3.63) is 0 Å². The molecule has 4 nitrogen and oxygen atoms in total. The van der Waals surface area contributed by atoms with Gasteiger partial charge in [0, 0.05) is 6.61 Å². The summed E-state index contributed by atoms with van der Waals surface area (Å²) in [5, 5.41) is 20.3. The van der Waals surface area contributed by atoms with Crippen molar-refractivity contribution in [3.8, 4) is 0 Å². The Balaban J connectivity index is 3.65. The molecular weight excluding hydrogens is 170 g/mol. The van der Waals surface area contributed by atoms with Crippen LogP contribution >= 0.6 is 0 Å². The second kappa shape index (κ2) is 6.86. The molecule has 0 heterocycles.